The van der Waals surface area contributed by atoms with E-state index in [0.717, 1.165) is 12.8 Å². The van der Waals surface area contributed by atoms with E-state index in [-0.39, 0.29) is 11.5 Å². The van der Waals surface area contributed by atoms with Gasteiger partial charge in [-0.15, -0.1) is 0 Å². The molecule has 0 bridgehead atoms. The van der Waals surface area contributed by atoms with E-state index in [2.05, 4.69) is 6.92 Å². The Morgan fingerprint density at radius 3 is 1.67 bits per heavy atom. The molecule has 0 aliphatic heterocycles. The number of hydrogen-bond donors (Lipinski definition) is 0. The monoisotopic (exact) mass is 354 g/mol. The Morgan fingerprint density at radius 1 is 0.708 bits per heavy atom. The molecule has 0 aliphatic carbocycles. The van der Waals surface area contributed by atoms with Crippen molar-refractivity contribution in [2.24, 2.45) is 0 Å². The molecule has 0 fully saturated rings. The smallest absolute Gasteiger partial charge is 0.266 e. The van der Waals surface area contributed by atoms with Crippen molar-refractivity contribution in [3.63, 3.8) is 0 Å². The highest BCUT2D eigenvalue weighted by Crippen LogP contribution is 2.14. The van der Waals surface area contributed by atoms with Gasteiger partial charge in [-0.1, -0.05) is 95.8 Å². The Balaban J connectivity index is 1.92. The zero-order valence-electron chi connectivity index (χ0n) is 15.2. The zero-order valence-corrected chi connectivity index (χ0v) is 16.0. The summed E-state index contributed by atoms with van der Waals surface area (Å²) >= 11 is 0. The number of benzene rings is 1. The maximum atomic E-state index is 11.9. The van der Waals surface area contributed by atoms with Crippen molar-refractivity contribution in [1.29, 1.82) is 0 Å². The molecule has 0 saturated heterocycles. The topological polar surface area (TPSA) is 43.4 Å². The highest BCUT2D eigenvalue weighted by atomic mass is 32.2. The Labute approximate surface area is 148 Å². The van der Waals surface area contributed by atoms with Gasteiger partial charge in [-0.05, 0) is 18.6 Å². The molecule has 138 valence electrons. The zero-order chi connectivity index (χ0) is 17.5. The predicted molar refractivity (Wildman–Crippen MR) is 101 cm³/mol. The van der Waals surface area contributed by atoms with Crippen molar-refractivity contribution in [3.8, 4) is 0 Å². The average molecular weight is 355 g/mol. The second-order valence-electron chi connectivity index (χ2n) is 6.48. The summed E-state index contributed by atoms with van der Waals surface area (Å²) in [5.41, 5.74) is 0. The summed E-state index contributed by atoms with van der Waals surface area (Å²) in [4.78, 5) is 0.240. The summed E-state index contributed by atoms with van der Waals surface area (Å²) in [6.45, 7) is 2.54. The maximum Gasteiger partial charge on any atom is 0.296 e. The van der Waals surface area contributed by atoms with E-state index >= 15 is 0 Å². The molecule has 0 aromatic heterocycles. The Hall–Kier alpha value is -0.870. The quantitative estimate of drug-likeness (QED) is 0.282. The molecular formula is C20H34O3S. The molecule has 4 heteroatoms. The maximum absolute atomic E-state index is 11.9. The van der Waals surface area contributed by atoms with Crippen LogP contribution in [-0.4, -0.2) is 15.0 Å². The van der Waals surface area contributed by atoms with Crippen LogP contribution in [0.5, 0.6) is 0 Å². The van der Waals surface area contributed by atoms with Gasteiger partial charge in [0, 0.05) is 0 Å². The van der Waals surface area contributed by atoms with Crippen LogP contribution in [0.15, 0.2) is 35.2 Å². The minimum atomic E-state index is -3.57. The van der Waals surface area contributed by atoms with Crippen molar-refractivity contribution in [2.45, 2.75) is 88.9 Å². The number of unbranched alkanes of at least 4 members (excludes halogenated alkanes) is 11. The first-order valence-electron chi connectivity index (χ1n) is 9.61. The van der Waals surface area contributed by atoms with E-state index in [1.807, 2.05) is 0 Å². The highest BCUT2D eigenvalue weighted by Gasteiger charge is 2.13. The van der Waals surface area contributed by atoms with Gasteiger partial charge in [0.2, 0.25) is 0 Å². The Bertz CT molecular complexity index is 497. The third kappa shape index (κ3) is 10.1. The van der Waals surface area contributed by atoms with Crippen LogP contribution in [0.25, 0.3) is 0 Å². The van der Waals surface area contributed by atoms with Gasteiger partial charge in [0.05, 0.1) is 11.5 Å². The molecule has 1 aromatic carbocycles. The molecule has 0 unspecified atom stereocenters. The van der Waals surface area contributed by atoms with Gasteiger partial charge in [0.15, 0.2) is 0 Å². The molecule has 1 rings (SSSR count). The number of hydrogen-bond acceptors (Lipinski definition) is 3. The van der Waals surface area contributed by atoms with Gasteiger partial charge in [-0.25, -0.2) is 0 Å². The van der Waals surface area contributed by atoms with E-state index in [9.17, 15) is 8.42 Å². The minimum Gasteiger partial charge on any atom is -0.266 e. The van der Waals surface area contributed by atoms with Crippen LogP contribution in [0, 0.1) is 0 Å². The highest BCUT2D eigenvalue weighted by molar-refractivity contribution is 7.86. The SMILES string of the molecule is CCCCCCCCCCCCCCOS(=O)(=O)c1ccccc1. The van der Waals surface area contributed by atoms with Crippen LogP contribution < -0.4 is 0 Å². The molecule has 0 heterocycles. The molecule has 0 aliphatic rings. The molecule has 0 amide bonds. The predicted octanol–water partition coefficient (Wildman–Crippen LogP) is 6.09. The summed E-state index contributed by atoms with van der Waals surface area (Å²) in [6, 6.07) is 8.35. The van der Waals surface area contributed by atoms with Crippen molar-refractivity contribution >= 4 is 10.1 Å². The van der Waals surface area contributed by atoms with Gasteiger partial charge in [0.1, 0.15) is 0 Å². The molecular weight excluding hydrogens is 320 g/mol. The Morgan fingerprint density at radius 2 is 1.17 bits per heavy atom. The van der Waals surface area contributed by atoms with Gasteiger partial charge in [-0.3, -0.25) is 4.18 Å². The molecule has 0 saturated carbocycles. The first-order valence-corrected chi connectivity index (χ1v) is 11.0. The fourth-order valence-corrected chi connectivity index (χ4v) is 3.73. The summed E-state index contributed by atoms with van der Waals surface area (Å²) in [5, 5.41) is 0. The standard InChI is InChI=1S/C20H34O3S/c1-2-3-4-5-6-7-8-9-10-11-12-16-19-23-24(21,22)20-17-14-13-15-18-20/h13-15,17-18H,2-12,16,19H2,1H3. The summed E-state index contributed by atoms with van der Waals surface area (Å²) in [6.07, 6.45) is 15.1. The van der Waals surface area contributed by atoms with Gasteiger partial charge >= 0.3 is 0 Å². The fourth-order valence-electron chi connectivity index (χ4n) is 2.77. The van der Waals surface area contributed by atoms with E-state index in [1.165, 1.54) is 64.2 Å². The lowest BCUT2D eigenvalue weighted by Gasteiger charge is -2.05. The summed E-state index contributed by atoms with van der Waals surface area (Å²) in [5.74, 6) is 0. The average Bonchev–Trinajstić information content (AvgIpc) is 2.60. The largest absolute Gasteiger partial charge is 0.296 e. The molecule has 24 heavy (non-hydrogen) atoms. The van der Waals surface area contributed by atoms with E-state index in [4.69, 9.17) is 4.18 Å². The lowest BCUT2D eigenvalue weighted by Crippen LogP contribution is -2.07. The van der Waals surface area contributed by atoms with Crippen LogP contribution in [0.4, 0.5) is 0 Å². The van der Waals surface area contributed by atoms with Crippen molar-refractivity contribution in [3.05, 3.63) is 30.3 Å². The lowest BCUT2D eigenvalue weighted by atomic mass is 10.1. The fraction of sp³-hybridized carbons (Fsp3) is 0.700. The molecule has 0 N–H and O–H groups in total. The third-order valence-corrected chi connectivity index (χ3v) is 5.59. The van der Waals surface area contributed by atoms with Gasteiger partial charge < -0.3 is 0 Å². The van der Waals surface area contributed by atoms with Gasteiger partial charge in [0.25, 0.3) is 10.1 Å². The van der Waals surface area contributed by atoms with Crippen LogP contribution in [0.3, 0.4) is 0 Å². The Kier molecular flexibility index (Phi) is 11.8. The van der Waals surface area contributed by atoms with E-state index < -0.39 is 10.1 Å². The molecule has 3 nitrogen and oxygen atoms in total. The summed E-state index contributed by atoms with van der Waals surface area (Å²) in [7, 11) is -3.57. The van der Waals surface area contributed by atoms with Crippen molar-refractivity contribution in [1.82, 2.24) is 0 Å². The first kappa shape index (κ1) is 21.2. The summed E-state index contributed by atoms with van der Waals surface area (Å²) < 4.78 is 28.9. The molecule has 0 spiro atoms. The third-order valence-electron chi connectivity index (χ3n) is 4.27. The molecule has 0 atom stereocenters. The van der Waals surface area contributed by atoms with Gasteiger partial charge in [-0.2, -0.15) is 8.42 Å². The van der Waals surface area contributed by atoms with Crippen LogP contribution >= 0.6 is 0 Å². The lowest BCUT2D eigenvalue weighted by molar-refractivity contribution is 0.306. The number of rotatable bonds is 15. The second-order valence-corrected chi connectivity index (χ2v) is 8.09. The van der Waals surface area contributed by atoms with Crippen molar-refractivity contribution in [2.75, 3.05) is 6.61 Å². The van der Waals surface area contributed by atoms with Crippen LogP contribution in [0.2, 0.25) is 0 Å². The first-order chi connectivity index (χ1) is 11.7. The molecule has 1 aromatic rings. The second kappa shape index (κ2) is 13.4. The normalized spacial score (nSPS) is 11.7. The van der Waals surface area contributed by atoms with E-state index in [1.54, 1.807) is 30.3 Å². The van der Waals surface area contributed by atoms with E-state index in [0.29, 0.717) is 0 Å². The van der Waals surface area contributed by atoms with Crippen LogP contribution in [0.1, 0.15) is 84.0 Å². The van der Waals surface area contributed by atoms with Crippen molar-refractivity contribution < 1.29 is 12.6 Å². The minimum absolute atomic E-state index is 0.240. The molecule has 0 radical (unpaired) electrons. The van der Waals surface area contributed by atoms with Crippen LogP contribution in [-0.2, 0) is 14.3 Å².